The average Bonchev–Trinajstić information content (AvgIpc) is 2.63. The van der Waals surface area contributed by atoms with Crippen molar-refractivity contribution < 1.29 is 17.9 Å². The van der Waals surface area contributed by atoms with Crippen LogP contribution in [-0.4, -0.2) is 33.7 Å². The third kappa shape index (κ3) is 5.42. The number of benzene rings is 2. The molecule has 0 aliphatic rings. The largest absolute Gasteiger partial charge is 0.495 e. The standard InChI is InChI=1S/C21H27ClN2O4S/c1-13-7-8-17(11-14(13)2)15(3)23-21(25)16(4)24(29(6,26)27)19-12-18(22)9-10-20(19)28-5/h7-12,15-16H,1-6H3,(H,23,25)/t15-,16-/m1/s1. The van der Waals surface area contributed by atoms with Gasteiger partial charge in [-0.3, -0.25) is 9.10 Å². The summed E-state index contributed by atoms with van der Waals surface area (Å²) in [5.41, 5.74) is 3.44. The van der Waals surface area contributed by atoms with Crippen molar-refractivity contribution in [2.75, 3.05) is 17.7 Å². The number of halogens is 1. The van der Waals surface area contributed by atoms with Crippen LogP contribution in [0.1, 0.15) is 36.6 Å². The van der Waals surface area contributed by atoms with Crippen LogP contribution in [0.4, 0.5) is 5.69 Å². The van der Waals surface area contributed by atoms with Crippen LogP contribution in [0.3, 0.4) is 0 Å². The maximum Gasteiger partial charge on any atom is 0.244 e. The van der Waals surface area contributed by atoms with E-state index in [1.807, 2.05) is 39.0 Å². The van der Waals surface area contributed by atoms with Gasteiger partial charge in [-0.05, 0) is 62.6 Å². The lowest BCUT2D eigenvalue weighted by molar-refractivity contribution is -0.122. The highest BCUT2D eigenvalue weighted by molar-refractivity contribution is 7.92. The predicted molar refractivity (Wildman–Crippen MR) is 117 cm³/mol. The Balaban J connectivity index is 2.34. The van der Waals surface area contributed by atoms with Crippen LogP contribution in [-0.2, 0) is 14.8 Å². The highest BCUT2D eigenvalue weighted by atomic mass is 35.5. The van der Waals surface area contributed by atoms with Gasteiger partial charge in [0.1, 0.15) is 11.8 Å². The molecule has 0 aromatic heterocycles. The van der Waals surface area contributed by atoms with Gasteiger partial charge in [-0.1, -0.05) is 29.8 Å². The number of aryl methyl sites for hydroxylation is 2. The van der Waals surface area contributed by atoms with Crippen LogP contribution < -0.4 is 14.4 Å². The Morgan fingerprint density at radius 3 is 2.31 bits per heavy atom. The summed E-state index contributed by atoms with van der Waals surface area (Å²) in [4.78, 5) is 12.9. The third-order valence-corrected chi connectivity index (χ3v) is 6.32. The molecular formula is C21H27ClN2O4S. The maximum atomic E-state index is 12.9. The van der Waals surface area contributed by atoms with Crippen molar-refractivity contribution in [3.63, 3.8) is 0 Å². The molecule has 8 heteroatoms. The zero-order valence-electron chi connectivity index (χ0n) is 17.5. The van der Waals surface area contributed by atoms with E-state index in [9.17, 15) is 13.2 Å². The van der Waals surface area contributed by atoms with Crippen LogP contribution in [0.25, 0.3) is 0 Å². The predicted octanol–water partition coefficient (Wildman–Crippen LogP) is 4.00. The first-order chi connectivity index (χ1) is 13.5. The van der Waals surface area contributed by atoms with Gasteiger partial charge >= 0.3 is 0 Å². The molecular weight excluding hydrogens is 412 g/mol. The van der Waals surface area contributed by atoms with E-state index in [0.29, 0.717) is 10.8 Å². The minimum atomic E-state index is -3.79. The number of nitrogens with one attached hydrogen (secondary N) is 1. The van der Waals surface area contributed by atoms with Crippen molar-refractivity contribution in [1.82, 2.24) is 5.32 Å². The molecule has 2 rings (SSSR count). The molecule has 1 N–H and O–H groups in total. The molecule has 0 spiro atoms. The summed E-state index contributed by atoms with van der Waals surface area (Å²) in [5, 5.41) is 3.24. The van der Waals surface area contributed by atoms with Gasteiger partial charge in [-0.25, -0.2) is 8.42 Å². The van der Waals surface area contributed by atoms with Crippen LogP contribution in [0.2, 0.25) is 5.02 Å². The molecule has 158 valence electrons. The number of sulfonamides is 1. The Bertz CT molecular complexity index is 1010. The van der Waals surface area contributed by atoms with Crippen LogP contribution in [0, 0.1) is 13.8 Å². The smallest absolute Gasteiger partial charge is 0.244 e. The fourth-order valence-electron chi connectivity index (χ4n) is 3.07. The molecule has 0 heterocycles. The highest BCUT2D eigenvalue weighted by Gasteiger charge is 2.32. The first-order valence-electron chi connectivity index (χ1n) is 9.16. The van der Waals surface area contributed by atoms with Gasteiger partial charge in [0.25, 0.3) is 0 Å². The van der Waals surface area contributed by atoms with Crippen molar-refractivity contribution in [2.45, 2.75) is 39.8 Å². The summed E-state index contributed by atoms with van der Waals surface area (Å²) in [6, 6.07) is 9.30. The lowest BCUT2D eigenvalue weighted by Crippen LogP contribution is -2.48. The Morgan fingerprint density at radius 1 is 1.10 bits per heavy atom. The monoisotopic (exact) mass is 438 g/mol. The summed E-state index contributed by atoms with van der Waals surface area (Å²) < 4.78 is 31.4. The number of hydrogen-bond acceptors (Lipinski definition) is 4. The van der Waals surface area contributed by atoms with Gasteiger partial charge in [0.15, 0.2) is 0 Å². The molecule has 2 atom stereocenters. The summed E-state index contributed by atoms with van der Waals surface area (Å²) in [6.07, 6.45) is 1.05. The van der Waals surface area contributed by atoms with Crippen molar-refractivity contribution in [3.05, 3.63) is 58.1 Å². The Hall–Kier alpha value is -2.25. The minimum Gasteiger partial charge on any atom is -0.495 e. The van der Waals surface area contributed by atoms with Crippen molar-refractivity contribution in [2.24, 2.45) is 0 Å². The van der Waals surface area contributed by atoms with Gasteiger partial charge < -0.3 is 10.1 Å². The lowest BCUT2D eigenvalue weighted by Gasteiger charge is -2.30. The summed E-state index contributed by atoms with van der Waals surface area (Å²) >= 11 is 6.07. The second-order valence-electron chi connectivity index (χ2n) is 7.12. The number of anilines is 1. The topological polar surface area (TPSA) is 75.7 Å². The summed E-state index contributed by atoms with van der Waals surface area (Å²) in [5.74, 6) is -0.120. The van der Waals surface area contributed by atoms with Crippen LogP contribution in [0.15, 0.2) is 36.4 Å². The Morgan fingerprint density at radius 2 is 1.76 bits per heavy atom. The van der Waals surface area contributed by atoms with E-state index in [1.165, 1.54) is 20.1 Å². The first kappa shape index (κ1) is 23.0. The van der Waals surface area contributed by atoms with E-state index in [1.54, 1.807) is 12.1 Å². The summed E-state index contributed by atoms with van der Waals surface area (Å²) in [6.45, 7) is 7.42. The number of methoxy groups -OCH3 is 1. The minimum absolute atomic E-state index is 0.212. The fraction of sp³-hybridized carbons (Fsp3) is 0.381. The number of carbonyl (C=O) groups excluding carboxylic acids is 1. The highest BCUT2D eigenvalue weighted by Crippen LogP contribution is 2.34. The van der Waals surface area contributed by atoms with E-state index in [4.69, 9.17) is 16.3 Å². The van der Waals surface area contributed by atoms with Crippen molar-refractivity contribution in [3.8, 4) is 5.75 Å². The van der Waals surface area contributed by atoms with Gasteiger partial charge in [0, 0.05) is 5.02 Å². The molecule has 0 fully saturated rings. The molecule has 0 bridgehead atoms. The van der Waals surface area contributed by atoms with E-state index in [0.717, 1.165) is 27.3 Å². The SMILES string of the molecule is COc1ccc(Cl)cc1N([C@H](C)C(=O)N[C@H](C)c1ccc(C)c(C)c1)S(C)(=O)=O. The molecule has 0 aliphatic carbocycles. The average molecular weight is 439 g/mol. The van der Waals surface area contributed by atoms with E-state index in [2.05, 4.69) is 5.32 Å². The molecule has 0 saturated carbocycles. The third-order valence-electron chi connectivity index (χ3n) is 4.86. The molecule has 6 nitrogen and oxygen atoms in total. The molecule has 29 heavy (non-hydrogen) atoms. The quantitative estimate of drug-likeness (QED) is 0.708. The molecule has 0 aliphatic heterocycles. The van der Waals surface area contributed by atoms with Crippen molar-refractivity contribution >= 4 is 33.2 Å². The fourth-order valence-corrected chi connectivity index (χ4v) is 4.40. The second-order valence-corrected chi connectivity index (χ2v) is 9.42. The molecule has 0 unspecified atom stereocenters. The Kier molecular flexibility index (Phi) is 7.19. The van der Waals surface area contributed by atoms with Gasteiger partial charge in [-0.15, -0.1) is 0 Å². The second kappa shape index (κ2) is 9.05. The van der Waals surface area contributed by atoms with Gasteiger partial charge in [0.05, 0.1) is 25.1 Å². The van der Waals surface area contributed by atoms with E-state index >= 15 is 0 Å². The van der Waals surface area contributed by atoms with Crippen LogP contribution in [0.5, 0.6) is 5.75 Å². The first-order valence-corrected chi connectivity index (χ1v) is 11.4. The summed E-state index contributed by atoms with van der Waals surface area (Å²) in [7, 11) is -2.36. The van der Waals surface area contributed by atoms with E-state index < -0.39 is 22.0 Å². The van der Waals surface area contributed by atoms with Gasteiger partial charge in [0.2, 0.25) is 15.9 Å². The number of carbonyl (C=O) groups is 1. The Labute approximate surface area is 177 Å². The number of ether oxygens (including phenoxy) is 1. The molecule has 2 aromatic rings. The van der Waals surface area contributed by atoms with Gasteiger partial charge in [-0.2, -0.15) is 0 Å². The lowest BCUT2D eigenvalue weighted by atomic mass is 10.0. The number of rotatable bonds is 7. The maximum absolute atomic E-state index is 12.9. The zero-order chi connectivity index (χ0) is 21.9. The van der Waals surface area contributed by atoms with Crippen LogP contribution >= 0.6 is 11.6 Å². The molecule has 0 radical (unpaired) electrons. The number of nitrogens with zero attached hydrogens (tertiary/aromatic N) is 1. The normalized spacial score (nSPS) is 13.5. The molecule has 0 saturated heterocycles. The van der Waals surface area contributed by atoms with E-state index in [-0.39, 0.29) is 11.7 Å². The molecule has 2 aromatic carbocycles. The number of hydrogen-bond donors (Lipinski definition) is 1. The zero-order valence-corrected chi connectivity index (χ0v) is 19.1. The number of amides is 1. The molecule has 1 amide bonds. The van der Waals surface area contributed by atoms with Crippen molar-refractivity contribution in [1.29, 1.82) is 0 Å².